The number of likely N-dealkylation sites (N-methyl/N-ethyl adjacent to an activating group) is 1. The van der Waals surface area contributed by atoms with E-state index in [4.69, 9.17) is 18.9 Å². The molecule has 0 aliphatic carbocycles. The first-order chi connectivity index (χ1) is 18.4. The van der Waals surface area contributed by atoms with Gasteiger partial charge in [-0.15, -0.1) is 0 Å². The number of carbonyl (C=O) groups is 2. The maximum atomic E-state index is 13.1. The van der Waals surface area contributed by atoms with E-state index in [9.17, 15) is 9.59 Å². The van der Waals surface area contributed by atoms with Crippen LogP contribution >= 0.6 is 11.8 Å². The van der Waals surface area contributed by atoms with E-state index in [0.717, 1.165) is 16.0 Å². The molecular formula is C29H30N2O6S. The number of rotatable bonds is 9. The van der Waals surface area contributed by atoms with E-state index in [1.165, 1.54) is 11.8 Å². The Kier molecular flexibility index (Phi) is 8.48. The fourth-order valence-corrected chi connectivity index (χ4v) is 5.18. The Morgan fingerprint density at radius 2 is 1.53 bits per heavy atom. The molecule has 0 aromatic heterocycles. The first kappa shape index (κ1) is 26.9. The number of fused-ring (bicyclic) bond motifs is 1. The van der Waals surface area contributed by atoms with Gasteiger partial charge in [-0.25, -0.2) is 0 Å². The van der Waals surface area contributed by atoms with Gasteiger partial charge in [0.15, 0.2) is 23.0 Å². The Labute approximate surface area is 226 Å². The number of amides is 2. The molecular weight excluding hydrogens is 504 g/mol. The summed E-state index contributed by atoms with van der Waals surface area (Å²) in [6, 6.07) is 16.6. The Hall–Kier alpha value is -4.11. The van der Waals surface area contributed by atoms with Gasteiger partial charge in [0.05, 0.1) is 39.0 Å². The molecule has 3 aromatic rings. The van der Waals surface area contributed by atoms with Crippen LogP contribution in [-0.4, -0.2) is 53.8 Å². The zero-order chi connectivity index (χ0) is 27.2. The van der Waals surface area contributed by atoms with Crippen LogP contribution < -0.4 is 29.2 Å². The molecule has 1 aliphatic heterocycles. The third-order valence-electron chi connectivity index (χ3n) is 6.17. The molecule has 0 bridgehead atoms. The van der Waals surface area contributed by atoms with Crippen molar-refractivity contribution in [1.29, 1.82) is 0 Å². The van der Waals surface area contributed by atoms with Gasteiger partial charge in [0.1, 0.15) is 0 Å². The monoisotopic (exact) mass is 534 g/mol. The molecule has 0 saturated carbocycles. The lowest BCUT2D eigenvalue weighted by Gasteiger charge is -2.27. The van der Waals surface area contributed by atoms with Gasteiger partial charge in [-0.3, -0.25) is 9.59 Å². The minimum Gasteiger partial charge on any atom is -0.493 e. The van der Waals surface area contributed by atoms with Crippen LogP contribution in [0, 0.1) is 0 Å². The van der Waals surface area contributed by atoms with E-state index in [-0.39, 0.29) is 11.8 Å². The molecule has 0 radical (unpaired) electrons. The summed E-state index contributed by atoms with van der Waals surface area (Å²) in [5.41, 5.74) is 3.02. The summed E-state index contributed by atoms with van der Waals surface area (Å²) in [6.45, 7) is 0.452. The van der Waals surface area contributed by atoms with E-state index < -0.39 is 0 Å². The molecule has 0 unspecified atom stereocenters. The van der Waals surface area contributed by atoms with Crippen molar-refractivity contribution in [2.75, 3.05) is 46.9 Å². The molecule has 1 N–H and O–H groups in total. The first-order valence-corrected chi connectivity index (χ1v) is 12.7. The Morgan fingerprint density at radius 3 is 2.21 bits per heavy atom. The highest BCUT2D eigenvalue weighted by molar-refractivity contribution is 8.04. The standard InChI is InChI=1S/C29H30N2O6S/c1-31-21-17-20(28(32)30-13-12-18-6-9-22(34-2)24(14-18)36-4)8-11-26(21)38-27(29(31)33)16-19-7-10-23(35-3)25(15-19)37-5/h6-11,14-17H,12-13H2,1-5H3,(H,30,32)/b27-16-. The average Bonchev–Trinajstić information content (AvgIpc) is 2.95. The first-order valence-electron chi connectivity index (χ1n) is 11.9. The molecule has 2 amide bonds. The lowest BCUT2D eigenvalue weighted by atomic mass is 10.1. The van der Waals surface area contributed by atoms with Crippen molar-refractivity contribution in [3.8, 4) is 23.0 Å². The summed E-state index contributed by atoms with van der Waals surface area (Å²) >= 11 is 1.37. The van der Waals surface area contributed by atoms with Crippen molar-refractivity contribution in [1.82, 2.24) is 5.32 Å². The quantitative estimate of drug-likeness (QED) is 0.395. The van der Waals surface area contributed by atoms with E-state index in [1.807, 2.05) is 42.5 Å². The van der Waals surface area contributed by atoms with Crippen LogP contribution in [0.15, 0.2) is 64.4 Å². The number of nitrogens with zero attached hydrogens (tertiary/aromatic N) is 1. The van der Waals surface area contributed by atoms with Crippen LogP contribution in [-0.2, 0) is 11.2 Å². The number of hydrogen-bond donors (Lipinski definition) is 1. The Morgan fingerprint density at radius 1 is 0.868 bits per heavy atom. The van der Waals surface area contributed by atoms with Crippen molar-refractivity contribution in [3.05, 3.63) is 76.2 Å². The summed E-state index contributed by atoms with van der Waals surface area (Å²) in [5.74, 6) is 2.16. The van der Waals surface area contributed by atoms with Gasteiger partial charge in [-0.2, -0.15) is 0 Å². The molecule has 1 aliphatic rings. The second-order valence-electron chi connectivity index (χ2n) is 8.47. The second-order valence-corrected chi connectivity index (χ2v) is 9.55. The van der Waals surface area contributed by atoms with Crippen molar-refractivity contribution in [2.45, 2.75) is 11.3 Å². The van der Waals surface area contributed by atoms with Crippen LogP contribution in [0.2, 0.25) is 0 Å². The molecule has 0 fully saturated rings. The van der Waals surface area contributed by atoms with Crippen LogP contribution in [0.5, 0.6) is 23.0 Å². The number of thioether (sulfide) groups is 1. The number of hydrogen-bond acceptors (Lipinski definition) is 7. The molecule has 0 saturated heterocycles. The fourth-order valence-electron chi connectivity index (χ4n) is 4.09. The predicted molar refractivity (Wildman–Crippen MR) is 149 cm³/mol. The number of nitrogens with one attached hydrogen (secondary N) is 1. The van der Waals surface area contributed by atoms with Crippen LogP contribution in [0.25, 0.3) is 6.08 Å². The molecule has 0 spiro atoms. The van der Waals surface area contributed by atoms with Gasteiger partial charge in [-0.05, 0) is 66.1 Å². The van der Waals surface area contributed by atoms with Gasteiger partial charge in [0.2, 0.25) is 0 Å². The van der Waals surface area contributed by atoms with Crippen molar-refractivity contribution in [3.63, 3.8) is 0 Å². The highest BCUT2D eigenvalue weighted by Gasteiger charge is 2.27. The van der Waals surface area contributed by atoms with Gasteiger partial charge in [0.25, 0.3) is 11.8 Å². The highest BCUT2D eigenvalue weighted by Crippen LogP contribution is 2.42. The minimum atomic E-state index is -0.203. The third-order valence-corrected chi connectivity index (χ3v) is 7.25. The number of ether oxygens (including phenoxy) is 4. The molecule has 38 heavy (non-hydrogen) atoms. The third kappa shape index (κ3) is 5.73. The van der Waals surface area contributed by atoms with Gasteiger partial charge < -0.3 is 29.2 Å². The zero-order valence-electron chi connectivity index (χ0n) is 22.0. The predicted octanol–water partition coefficient (Wildman–Crippen LogP) is 4.80. The molecule has 9 heteroatoms. The van der Waals surface area contributed by atoms with Crippen LogP contribution in [0.1, 0.15) is 21.5 Å². The number of methoxy groups -OCH3 is 4. The molecule has 0 atom stereocenters. The summed E-state index contributed by atoms with van der Waals surface area (Å²) in [5, 5.41) is 2.95. The average molecular weight is 535 g/mol. The number of benzene rings is 3. The van der Waals surface area contributed by atoms with Crippen molar-refractivity contribution in [2.24, 2.45) is 0 Å². The lowest BCUT2D eigenvalue weighted by Crippen LogP contribution is -2.31. The van der Waals surface area contributed by atoms with Gasteiger partial charge >= 0.3 is 0 Å². The Balaban J connectivity index is 1.45. The normalized spacial score (nSPS) is 13.7. The maximum Gasteiger partial charge on any atom is 0.264 e. The molecule has 3 aromatic carbocycles. The highest BCUT2D eigenvalue weighted by atomic mass is 32.2. The summed E-state index contributed by atoms with van der Waals surface area (Å²) in [4.78, 5) is 29.0. The minimum absolute atomic E-state index is 0.150. The number of carbonyl (C=O) groups excluding carboxylic acids is 2. The Bertz CT molecular complexity index is 1390. The molecule has 4 rings (SSSR count). The van der Waals surface area contributed by atoms with E-state index in [1.54, 1.807) is 58.6 Å². The zero-order valence-corrected chi connectivity index (χ0v) is 22.8. The molecule has 198 valence electrons. The molecule has 8 nitrogen and oxygen atoms in total. The summed E-state index contributed by atoms with van der Waals surface area (Å²) in [7, 11) is 8.05. The van der Waals surface area contributed by atoms with E-state index in [0.29, 0.717) is 52.1 Å². The van der Waals surface area contributed by atoms with Crippen molar-refractivity contribution >= 4 is 35.3 Å². The molecule has 1 heterocycles. The summed E-state index contributed by atoms with van der Waals surface area (Å²) < 4.78 is 21.3. The largest absolute Gasteiger partial charge is 0.493 e. The van der Waals surface area contributed by atoms with Crippen LogP contribution in [0.3, 0.4) is 0 Å². The topological polar surface area (TPSA) is 86.3 Å². The van der Waals surface area contributed by atoms with Crippen molar-refractivity contribution < 1.29 is 28.5 Å². The second kappa shape index (κ2) is 12.0. The summed E-state index contributed by atoms with van der Waals surface area (Å²) in [6.07, 6.45) is 2.46. The van der Waals surface area contributed by atoms with Crippen LogP contribution in [0.4, 0.5) is 5.69 Å². The lowest BCUT2D eigenvalue weighted by molar-refractivity contribution is -0.114. The van der Waals surface area contributed by atoms with Gasteiger partial charge in [-0.1, -0.05) is 23.9 Å². The SMILES string of the molecule is COc1ccc(/C=C2\Sc3ccc(C(=O)NCCc4ccc(OC)c(OC)c4)cc3N(C)C2=O)cc1OC. The smallest absolute Gasteiger partial charge is 0.264 e. The van der Waals surface area contributed by atoms with E-state index >= 15 is 0 Å². The van der Waals surface area contributed by atoms with E-state index in [2.05, 4.69) is 5.32 Å². The fraction of sp³-hybridized carbons (Fsp3) is 0.241. The van der Waals surface area contributed by atoms with Gasteiger partial charge in [0, 0.05) is 24.1 Å². The maximum absolute atomic E-state index is 13.1. The number of anilines is 1.